The number of ether oxygens (including phenoxy) is 1. The number of likely N-dealkylation sites (N-methyl/N-ethyl adjacent to an activating group) is 2. The quantitative estimate of drug-likeness (QED) is 0.705. The van der Waals surface area contributed by atoms with Crippen molar-refractivity contribution >= 4 is 11.8 Å². The molecule has 0 saturated carbocycles. The SMILES string of the molecule is CNC(C)C(=O)NCC(=O)N(C)CC(C)OCc1ccccc1. The van der Waals surface area contributed by atoms with Gasteiger partial charge >= 0.3 is 0 Å². The van der Waals surface area contributed by atoms with Crippen LogP contribution in [-0.2, 0) is 20.9 Å². The molecule has 1 aromatic rings. The number of carbonyl (C=O) groups excluding carboxylic acids is 2. The summed E-state index contributed by atoms with van der Waals surface area (Å²) in [5, 5.41) is 5.44. The zero-order valence-electron chi connectivity index (χ0n) is 14.3. The number of rotatable bonds is 9. The van der Waals surface area contributed by atoms with Crippen LogP contribution in [0.3, 0.4) is 0 Å². The minimum atomic E-state index is -0.318. The van der Waals surface area contributed by atoms with Crippen LogP contribution < -0.4 is 10.6 Å². The molecule has 1 rings (SSSR count). The number of amides is 2. The maximum atomic E-state index is 12.0. The number of nitrogens with zero attached hydrogens (tertiary/aromatic N) is 1. The van der Waals surface area contributed by atoms with Crippen molar-refractivity contribution in [2.24, 2.45) is 0 Å². The summed E-state index contributed by atoms with van der Waals surface area (Å²) in [4.78, 5) is 25.2. The number of nitrogens with one attached hydrogen (secondary N) is 2. The monoisotopic (exact) mass is 321 g/mol. The van der Waals surface area contributed by atoms with Crippen LogP contribution in [0.1, 0.15) is 19.4 Å². The van der Waals surface area contributed by atoms with Crippen molar-refractivity contribution in [3.8, 4) is 0 Å². The smallest absolute Gasteiger partial charge is 0.241 e. The average molecular weight is 321 g/mol. The maximum Gasteiger partial charge on any atom is 0.241 e. The van der Waals surface area contributed by atoms with Crippen LogP contribution in [0.2, 0.25) is 0 Å². The number of carbonyl (C=O) groups is 2. The molecular formula is C17H27N3O3. The first kappa shape index (κ1) is 19.1. The van der Waals surface area contributed by atoms with Crippen LogP contribution in [0.15, 0.2) is 30.3 Å². The van der Waals surface area contributed by atoms with Gasteiger partial charge in [-0.3, -0.25) is 9.59 Å². The van der Waals surface area contributed by atoms with Gasteiger partial charge in [0.2, 0.25) is 11.8 Å². The lowest BCUT2D eigenvalue weighted by Gasteiger charge is -2.22. The molecule has 0 bridgehead atoms. The van der Waals surface area contributed by atoms with Gasteiger partial charge in [-0.2, -0.15) is 0 Å². The van der Waals surface area contributed by atoms with Crippen LogP contribution in [0.25, 0.3) is 0 Å². The second kappa shape index (κ2) is 9.97. The molecule has 0 aromatic heterocycles. The molecule has 0 saturated heterocycles. The molecule has 2 unspecified atom stereocenters. The topological polar surface area (TPSA) is 70.7 Å². The molecular weight excluding hydrogens is 294 g/mol. The van der Waals surface area contributed by atoms with E-state index in [1.807, 2.05) is 37.3 Å². The highest BCUT2D eigenvalue weighted by atomic mass is 16.5. The van der Waals surface area contributed by atoms with Crippen molar-refractivity contribution in [3.63, 3.8) is 0 Å². The fraction of sp³-hybridized carbons (Fsp3) is 0.529. The summed E-state index contributed by atoms with van der Waals surface area (Å²) in [5.41, 5.74) is 1.10. The molecule has 6 nitrogen and oxygen atoms in total. The first-order valence-corrected chi connectivity index (χ1v) is 7.78. The Morgan fingerprint density at radius 2 is 1.87 bits per heavy atom. The first-order chi connectivity index (χ1) is 10.9. The van der Waals surface area contributed by atoms with Gasteiger partial charge in [-0.1, -0.05) is 30.3 Å². The Balaban J connectivity index is 2.29. The van der Waals surface area contributed by atoms with Gasteiger partial charge in [-0.05, 0) is 26.5 Å². The summed E-state index contributed by atoms with van der Waals surface area (Å²) in [6.45, 7) is 4.65. The lowest BCUT2D eigenvalue weighted by atomic mass is 10.2. The van der Waals surface area contributed by atoms with Gasteiger partial charge in [0.25, 0.3) is 0 Å². The van der Waals surface area contributed by atoms with Gasteiger partial charge in [-0.15, -0.1) is 0 Å². The van der Waals surface area contributed by atoms with E-state index >= 15 is 0 Å². The molecule has 1 aromatic carbocycles. The van der Waals surface area contributed by atoms with Crippen LogP contribution in [0.5, 0.6) is 0 Å². The molecule has 0 heterocycles. The van der Waals surface area contributed by atoms with E-state index in [2.05, 4.69) is 10.6 Å². The highest BCUT2D eigenvalue weighted by Gasteiger charge is 2.15. The van der Waals surface area contributed by atoms with Gasteiger partial charge in [0, 0.05) is 13.6 Å². The Labute approximate surface area is 138 Å². The van der Waals surface area contributed by atoms with Crippen LogP contribution >= 0.6 is 0 Å². The Kier molecular flexibility index (Phi) is 8.29. The van der Waals surface area contributed by atoms with E-state index in [9.17, 15) is 9.59 Å². The normalized spacial score (nSPS) is 13.2. The Hall–Kier alpha value is -1.92. The minimum Gasteiger partial charge on any atom is -0.372 e. The minimum absolute atomic E-state index is 0.00718. The average Bonchev–Trinajstić information content (AvgIpc) is 2.57. The van der Waals surface area contributed by atoms with Crippen LogP contribution in [0, 0.1) is 0 Å². The van der Waals surface area contributed by atoms with Gasteiger partial charge in [0.05, 0.1) is 25.3 Å². The van der Waals surface area contributed by atoms with E-state index in [1.165, 1.54) is 0 Å². The third-order valence-electron chi connectivity index (χ3n) is 3.57. The maximum absolute atomic E-state index is 12.0. The van der Waals surface area contributed by atoms with Gasteiger partial charge in [0.1, 0.15) is 0 Å². The highest BCUT2D eigenvalue weighted by molar-refractivity contribution is 5.87. The first-order valence-electron chi connectivity index (χ1n) is 7.78. The number of hydrogen-bond acceptors (Lipinski definition) is 4. The number of benzene rings is 1. The fourth-order valence-electron chi connectivity index (χ4n) is 1.93. The molecule has 2 N–H and O–H groups in total. The summed E-state index contributed by atoms with van der Waals surface area (Å²) >= 11 is 0. The molecule has 128 valence electrons. The fourth-order valence-corrected chi connectivity index (χ4v) is 1.93. The molecule has 23 heavy (non-hydrogen) atoms. The van der Waals surface area contributed by atoms with E-state index in [0.717, 1.165) is 5.56 Å². The summed E-state index contributed by atoms with van der Waals surface area (Å²) in [6, 6.07) is 9.57. The van der Waals surface area contributed by atoms with Crippen molar-refractivity contribution in [3.05, 3.63) is 35.9 Å². The third-order valence-corrected chi connectivity index (χ3v) is 3.57. The Bertz CT molecular complexity index is 493. The molecule has 0 fully saturated rings. The van der Waals surface area contributed by atoms with Crippen molar-refractivity contribution in [2.45, 2.75) is 32.6 Å². The predicted molar refractivity (Wildman–Crippen MR) is 89.9 cm³/mol. The van der Waals surface area contributed by atoms with Crippen LogP contribution in [-0.4, -0.2) is 56.0 Å². The molecule has 2 amide bonds. The molecule has 0 aliphatic carbocycles. The van der Waals surface area contributed by atoms with E-state index < -0.39 is 0 Å². The molecule has 0 spiro atoms. The summed E-state index contributed by atoms with van der Waals surface area (Å²) in [5.74, 6) is -0.334. The number of hydrogen-bond donors (Lipinski definition) is 2. The van der Waals surface area contributed by atoms with Gasteiger partial charge in [-0.25, -0.2) is 0 Å². The molecule has 2 atom stereocenters. The Morgan fingerprint density at radius 1 is 1.22 bits per heavy atom. The second-order valence-electron chi connectivity index (χ2n) is 5.61. The van der Waals surface area contributed by atoms with Crippen molar-refractivity contribution in [1.82, 2.24) is 15.5 Å². The van der Waals surface area contributed by atoms with Crippen LogP contribution in [0.4, 0.5) is 0 Å². The van der Waals surface area contributed by atoms with Crippen molar-refractivity contribution < 1.29 is 14.3 Å². The zero-order chi connectivity index (χ0) is 17.2. The lowest BCUT2D eigenvalue weighted by molar-refractivity contribution is -0.133. The summed E-state index contributed by atoms with van der Waals surface area (Å²) < 4.78 is 5.74. The third kappa shape index (κ3) is 7.25. The van der Waals surface area contributed by atoms with E-state index in [0.29, 0.717) is 13.2 Å². The van der Waals surface area contributed by atoms with Crippen molar-refractivity contribution in [2.75, 3.05) is 27.2 Å². The van der Waals surface area contributed by atoms with E-state index in [-0.39, 0.29) is 30.5 Å². The van der Waals surface area contributed by atoms with E-state index in [1.54, 1.807) is 25.9 Å². The van der Waals surface area contributed by atoms with E-state index in [4.69, 9.17) is 4.74 Å². The summed E-state index contributed by atoms with van der Waals surface area (Å²) in [6.07, 6.45) is -0.0870. The molecule has 0 aliphatic heterocycles. The predicted octanol–water partition coefficient (Wildman–Crippen LogP) is 0.774. The largest absolute Gasteiger partial charge is 0.372 e. The van der Waals surface area contributed by atoms with Crippen molar-refractivity contribution in [1.29, 1.82) is 0 Å². The lowest BCUT2D eigenvalue weighted by Crippen LogP contribution is -2.46. The second-order valence-corrected chi connectivity index (χ2v) is 5.61. The zero-order valence-corrected chi connectivity index (χ0v) is 14.3. The molecule has 6 heteroatoms. The molecule has 0 aliphatic rings. The van der Waals surface area contributed by atoms with Gasteiger partial charge in [0.15, 0.2) is 0 Å². The van der Waals surface area contributed by atoms with Gasteiger partial charge < -0.3 is 20.3 Å². The highest BCUT2D eigenvalue weighted by Crippen LogP contribution is 2.04. The summed E-state index contributed by atoms with van der Waals surface area (Å²) in [7, 11) is 3.41. The Morgan fingerprint density at radius 3 is 2.48 bits per heavy atom. The standard InChI is InChI=1S/C17H27N3O3/c1-13(23-12-15-8-6-5-7-9-15)11-20(4)16(21)10-19-17(22)14(2)18-3/h5-9,13-14,18H,10-12H2,1-4H3,(H,19,22). The molecule has 0 radical (unpaired) electrons.